The molecule has 0 bridgehead atoms. The number of carbonyl (C=O) groups is 2. The second-order valence-electron chi connectivity index (χ2n) is 3.06. The van der Waals surface area contributed by atoms with E-state index in [0.29, 0.717) is 11.4 Å². The third kappa shape index (κ3) is 3.70. The van der Waals surface area contributed by atoms with Gasteiger partial charge in [-0.2, -0.15) is 0 Å². The van der Waals surface area contributed by atoms with Crippen LogP contribution in [0.2, 0.25) is 0 Å². The molecule has 0 aliphatic heterocycles. The van der Waals surface area contributed by atoms with Crippen LogP contribution in [0.3, 0.4) is 0 Å². The highest BCUT2D eigenvalue weighted by Crippen LogP contribution is 2.23. The van der Waals surface area contributed by atoms with Crippen LogP contribution in [0.5, 0.6) is 0 Å². The number of hydrogen-bond acceptors (Lipinski definition) is 6. The Morgan fingerprint density at radius 2 is 2.29 bits per heavy atom. The molecule has 1 aromatic rings. The minimum absolute atomic E-state index is 0.0715. The van der Waals surface area contributed by atoms with Gasteiger partial charge in [-0.25, -0.2) is 14.8 Å². The van der Waals surface area contributed by atoms with Gasteiger partial charge in [-0.3, -0.25) is 4.79 Å². The van der Waals surface area contributed by atoms with Crippen molar-refractivity contribution in [2.75, 3.05) is 7.11 Å². The van der Waals surface area contributed by atoms with Crippen LogP contribution in [-0.2, 0) is 9.53 Å². The van der Waals surface area contributed by atoms with Gasteiger partial charge in [0.2, 0.25) is 5.82 Å². The van der Waals surface area contributed by atoms with Crippen LogP contribution in [0.15, 0.2) is 17.3 Å². The maximum Gasteiger partial charge on any atom is 0.376 e. The molecule has 0 aliphatic carbocycles. The topological polar surface area (TPSA) is 89.4 Å². The maximum absolute atomic E-state index is 11.2. The Balaban J connectivity index is 2.85. The molecule has 17 heavy (non-hydrogen) atoms. The van der Waals surface area contributed by atoms with Gasteiger partial charge in [0.1, 0.15) is 10.3 Å². The van der Waals surface area contributed by atoms with E-state index in [0.717, 1.165) is 11.8 Å². The molecule has 0 amide bonds. The molecule has 1 atom stereocenters. The van der Waals surface area contributed by atoms with E-state index in [4.69, 9.17) is 5.11 Å². The number of ether oxygens (including phenoxy) is 1. The van der Waals surface area contributed by atoms with Crippen LogP contribution in [0, 0.1) is 0 Å². The summed E-state index contributed by atoms with van der Waals surface area (Å²) in [6.45, 7) is 1.77. The van der Waals surface area contributed by atoms with E-state index in [9.17, 15) is 9.59 Å². The van der Waals surface area contributed by atoms with E-state index in [-0.39, 0.29) is 5.82 Å². The molecule has 1 aromatic heterocycles. The van der Waals surface area contributed by atoms with Gasteiger partial charge in [0, 0.05) is 6.20 Å². The first-order chi connectivity index (χ1) is 8.08. The lowest BCUT2D eigenvalue weighted by atomic mass is 10.3. The van der Waals surface area contributed by atoms with E-state index in [1.807, 2.05) is 0 Å². The summed E-state index contributed by atoms with van der Waals surface area (Å²) >= 11 is 1.08. The standard InChI is InChI=1S/C10H12N2O4S/c1-3-6(9(13)14)17-7-4-5-11-8(12-7)10(15)16-2/h4-6H,3H2,1-2H3,(H,13,14). The summed E-state index contributed by atoms with van der Waals surface area (Å²) in [7, 11) is 1.23. The lowest BCUT2D eigenvalue weighted by molar-refractivity contribution is -0.136. The summed E-state index contributed by atoms with van der Waals surface area (Å²) in [6.07, 6.45) is 1.87. The highest BCUT2D eigenvalue weighted by atomic mass is 32.2. The molecule has 1 N–H and O–H groups in total. The van der Waals surface area contributed by atoms with E-state index in [1.54, 1.807) is 13.0 Å². The Kier molecular flexibility index (Phi) is 4.89. The Hall–Kier alpha value is -1.63. The summed E-state index contributed by atoms with van der Waals surface area (Å²) in [4.78, 5) is 29.7. The molecule has 0 spiro atoms. The molecular formula is C10H12N2O4S. The van der Waals surface area contributed by atoms with Crippen molar-refractivity contribution < 1.29 is 19.4 Å². The lowest BCUT2D eigenvalue weighted by Gasteiger charge is -2.08. The monoisotopic (exact) mass is 256 g/mol. The van der Waals surface area contributed by atoms with E-state index in [1.165, 1.54) is 13.3 Å². The zero-order valence-electron chi connectivity index (χ0n) is 9.41. The van der Waals surface area contributed by atoms with Crippen LogP contribution in [0.1, 0.15) is 24.0 Å². The highest BCUT2D eigenvalue weighted by Gasteiger charge is 2.18. The van der Waals surface area contributed by atoms with Crippen molar-refractivity contribution in [3.63, 3.8) is 0 Å². The first kappa shape index (κ1) is 13.4. The van der Waals surface area contributed by atoms with E-state index in [2.05, 4.69) is 14.7 Å². The van der Waals surface area contributed by atoms with Gasteiger partial charge in [-0.15, -0.1) is 0 Å². The fraction of sp³-hybridized carbons (Fsp3) is 0.400. The molecule has 0 saturated carbocycles. The number of carboxylic acids is 1. The fourth-order valence-corrected chi connectivity index (χ4v) is 1.89. The average molecular weight is 256 g/mol. The predicted molar refractivity (Wildman–Crippen MR) is 60.9 cm³/mol. The Labute approximate surface area is 102 Å². The summed E-state index contributed by atoms with van der Waals surface area (Å²) in [5.41, 5.74) is 0. The van der Waals surface area contributed by atoms with Gasteiger partial charge in [0.25, 0.3) is 0 Å². The SMILES string of the molecule is CCC(Sc1ccnc(C(=O)OC)n1)C(=O)O. The summed E-state index contributed by atoms with van der Waals surface area (Å²) in [5, 5.41) is 8.76. The summed E-state index contributed by atoms with van der Waals surface area (Å²) in [6, 6.07) is 1.56. The van der Waals surface area contributed by atoms with Crippen molar-refractivity contribution in [1.82, 2.24) is 9.97 Å². The molecule has 6 nitrogen and oxygen atoms in total. The number of thioether (sulfide) groups is 1. The van der Waals surface area contributed by atoms with Crippen molar-refractivity contribution in [3.05, 3.63) is 18.1 Å². The number of aromatic nitrogens is 2. The van der Waals surface area contributed by atoms with Gasteiger partial charge in [0.15, 0.2) is 0 Å². The third-order valence-corrected chi connectivity index (χ3v) is 3.20. The second-order valence-corrected chi connectivity index (χ2v) is 4.29. The van der Waals surface area contributed by atoms with Crippen LogP contribution in [0.25, 0.3) is 0 Å². The van der Waals surface area contributed by atoms with Crippen LogP contribution < -0.4 is 0 Å². The van der Waals surface area contributed by atoms with Crippen molar-refractivity contribution >= 4 is 23.7 Å². The second kappa shape index (κ2) is 6.19. The van der Waals surface area contributed by atoms with Crippen molar-refractivity contribution in [1.29, 1.82) is 0 Å². The van der Waals surface area contributed by atoms with E-state index >= 15 is 0 Å². The number of carbonyl (C=O) groups excluding carboxylic acids is 1. The number of rotatable bonds is 5. The minimum atomic E-state index is -0.907. The first-order valence-electron chi connectivity index (χ1n) is 4.89. The van der Waals surface area contributed by atoms with Crippen LogP contribution >= 0.6 is 11.8 Å². The molecule has 0 saturated heterocycles. The van der Waals surface area contributed by atoms with Crippen molar-refractivity contribution in [3.8, 4) is 0 Å². The molecule has 92 valence electrons. The van der Waals surface area contributed by atoms with Gasteiger partial charge >= 0.3 is 11.9 Å². The van der Waals surface area contributed by atoms with Crippen LogP contribution in [0.4, 0.5) is 0 Å². The lowest BCUT2D eigenvalue weighted by Crippen LogP contribution is -2.15. The van der Waals surface area contributed by atoms with Gasteiger partial charge in [0.05, 0.1) is 7.11 Å². The van der Waals surface area contributed by atoms with Crippen molar-refractivity contribution in [2.24, 2.45) is 0 Å². The Morgan fingerprint density at radius 1 is 1.59 bits per heavy atom. The molecule has 0 aromatic carbocycles. The van der Waals surface area contributed by atoms with Gasteiger partial charge in [-0.1, -0.05) is 18.7 Å². The Bertz CT molecular complexity index is 425. The van der Waals surface area contributed by atoms with E-state index < -0.39 is 17.2 Å². The Morgan fingerprint density at radius 3 is 2.82 bits per heavy atom. The molecule has 1 rings (SSSR count). The fourth-order valence-electron chi connectivity index (χ4n) is 1.05. The number of carboxylic acid groups (broad SMARTS) is 1. The zero-order chi connectivity index (χ0) is 12.8. The van der Waals surface area contributed by atoms with Crippen LogP contribution in [-0.4, -0.2) is 39.4 Å². The number of esters is 1. The average Bonchev–Trinajstić information content (AvgIpc) is 2.34. The molecule has 7 heteroatoms. The molecule has 1 heterocycles. The maximum atomic E-state index is 11.2. The van der Waals surface area contributed by atoms with Gasteiger partial charge < -0.3 is 9.84 Å². The molecule has 0 aliphatic rings. The number of nitrogens with zero attached hydrogens (tertiary/aromatic N) is 2. The quantitative estimate of drug-likeness (QED) is 0.481. The largest absolute Gasteiger partial charge is 0.480 e. The number of hydrogen-bond donors (Lipinski definition) is 1. The summed E-state index contributed by atoms with van der Waals surface area (Å²) < 4.78 is 4.48. The minimum Gasteiger partial charge on any atom is -0.480 e. The van der Waals surface area contributed by atoms with Crippen molar-refractivity contribution in [2.45, 2.75) is 23.6 Å². The van der Waals surface area contributed by atoms with Gasteiger partial charge in [-0.05, 0) is 12.5 Å². The normalized spacial score (nSPS) is 11.9. The summed E-state index contributed by atoms with van der Waals surface area (Å²) in [5.74, 6) is -1.62. The molecule has 0 radical (unpaired) electrons. The number of methoxy groups -OCH3 is 1. The first-order valence-corrected chi connectivity index (χ1v) is 5.77. The molecular weight excluding hydrogens is 244 g/mol. The number of aliphatic carboxylic acids is 1. The molecule has 1 unspecified atom stereocenters. The zero-order valence-corrected chi connectivity index (χ0v) is 10.2. The smallest absolute Gasteiger partial charge is 0.376 e. The molecule has 0 fully saturated rings. The highest BCUT2D eigenvalue weighted by molar-refractivity contribution is 8.00. The predicted octanol–water partition coefficient (Wildman–Crippen LogP) is 1.22. The third-order valence-electron chi connectivity index (χ3n) is 1.91.